The van der Waals surface area contributed by atoms with Crippen molar-refractivity contribution in [3.05, 3.63) is 0 Å². The molecule has 0 radical (unpaired) electrons. The molecule has 1 saturated carbocycles. The van der Waals surface area contributed by atoms with Crippen molar-refractivity contribution in [1.82, 2.24) is 4.90 Å². The Kier molecular flexibility index (Phi) is 4.29. The molecule has 1 aliphatic carbocycles. The Bertz CT molecular complexity index is 338. The van der Waals surface area contributed by atoms with Gasteiger partial charge in [-0.1, -0.05) is 33.1 Å². The van der Waals surface area contributed by atoms with Gasteiger partial charge in [0.1, 0.15) is 0 Å². The van der Waals surface area contributed by atoms with Crippen LogP contribution in [0.3, 0.4) is 0 Å². The van der Waals surface area contributed by atoms with Gasteiger partial charge in [0.25, 0.3) is 0 Å². The maximum atomic E-state index is 12.4. The van der Waals surface area contributed by atoms with Gasteiger partial charge < -0.3 is 5.11 Å². The molecule has 1 heterocycles. The van der Waals surface area contributed by atoms with E-state index in [2.05, 4.69) is 0 Å². The topological polar surface area (TPSA) is 57.6 Å². The van der Waals surface area contributed by atoms with Crippen LogP contribution in [-0.2, 0) is 9.59 Å². The lowest BCUT2D eigenvalue weighted by atomic mass is 9.67. The van der Waals surface area contributed by atoms with E-state index < -0.39 is 0 Å². The van der Waals surface area contributed by atoms with Crippen molar-refractivity contribution in [2.75, 3.05) is 6.61 Å². The molecule has 0 bridgehead atoms. The van der Waals surface area contributed by atoms with Crippen LogP contribution < -0.4 is 0 Å². The van der Waals surface area contributed by atoms with E-state index in [1.54, 1.807) is 0 Å². The number of aliphatic hydroxyl groups is 1. The largest absolute Gasteiger partial charge is 0.394 e. The summed E-state index contributed by atoms with van der Waals surface area (Å²) in [5.41, 5.74) is -0.0695. The highest BCUT2D eigenvalue weighted by molar-refractivity contribution is 5.99. The highest BCUT2D eigenvalue weighted by Crippen LogP contribution is 2.45. The predicted molar refractivity (Wildman–Crippen MR) is 72.3 cm³/mol. The van der Waals surface area contributed by atoms with Gasteiger partial charge in [0.05, 0.1) is 12.6 Å². The standard InChI is InChI=1S/C15H25NO3/c1-11(2)12(10-17)16-13(18)8-15(9-14(16)19)6-4-3-5-7-15/h11-12,17H,3-10H2,1-2H3/t12-/m0/s1. The molecule has 2 aliphatic rings. The second-order valence-electron chi connectivity index (χ2n) is 6.57. The average molecular weight is 267 g/mol. The number of hydrogen-bond donors (Lipinski definition) is 1. The third-order valence-electron chi connectivity index (χ3n) is 4.79. The van der Waals surface area contributed by atoms with E-state index in [-0.39, 0.29) is 35.8 Å². The molecule has 0 aromatic heterocycles. The van der Waals surface area contributed by atoms with Gasteiger partial charge in [-0.3, -0.25) is 14.5 Å². The Morgan fingerprint density at radius 3 is 2.05 bits per heavy atom. The van der Waals surface area contributed by atoms with E-state index in [0.29, 0.717) is 12.8 Å². The van der Waals surface area contributed by atoms with Crippen LogP contribution in [0.25, 0.3) is 0 Å². The minimum Gasteiger partial charge on any atom is -0.394 e. The lowest BCUT2D eigenvalue weighted by Crippen LogP contribution is -2.55. The Morgan fingerprint density at radius 2 is 1.63 bits per heavy atom. The minimum atomic E-state index is -0.360. The predicted octanol–water partition coefficient (Wildman–Crippen LogP) is 2.10. The molecule has 4 heteroatoms. The van der Waals surface area contributed by atoms with Crippen LogP contribution in [0.5, 0.6) is 0 Å². The van der Waals surface area contributed by atoms with Gasteiger partial charge in [-0.15, -0.1) is 0 Å². The van der Waals surface area contributed by atoms with Gasteiger partial charge >= 0.3 is 0 Å². The Balaban J connectivity index is 2.14. The molecule has 1 spiro atoms. The van der Waals surface area contributed by atoms with Crippen LogP contribution in [0.1, 0.15) is 58.8 Å². The van der Waals surface area contributed by atoms with E-state index in [4.69, 9.17) is 0 Å². The first-order chi connectivity index (χ1) is 8.99. The molecular formula is C15H25NO3. The molecule has 2 fully saturated rings. The van der Waals surface area contributed by atoms with Crippen molar-refractivity contribution in [2.45, 2.75) is 64.8 Å². The van der Waals surface area contributed by atoms with Gasteiger partial charge in [-0.2, -0.15) is 0 Å². The van der Waals surface area contributed by atoms with Gasteiger partial charge in [-0.25, -0.2) is 0 Å². The Morgan fingerprint density at radius 1 is 1.11 bits per heavy atom. The molecule has 1 aliphatic heterocycles. The molecule has 2 rings (SSSR count). The van der Waals surface area contributed by atoms with Crippen LogP contribution in [0.15, 0.2) is 0 Å². The maximum Gasteiger partial charge on any atom is 0.230 e. The zero-order valence-corrected chi connectivity index (χ0v) is 12.0. The Labute approximate surface area is 115 Å². The number of imide groups is 1. The van der Waals surface area contributed by atoms with E-state index in [1.807, 2.05) is 13.8 Å². The highest BCUT2D eigenvalue weighted by atomic mass is 16.3. The van der Waals surface area contributed by atoms with E-state index in [1.165, 1.54) is 11.3 Å². The summed E-state index contributed by atoms with van der Waals surface area (Å²) in [4.78, 5) is 26.1. The number of aliphatic hydroxyl groups excluding tert-OH is 1. The fourth-order valence-corrected chi connectivity index (χ4v) is 3.63. The summed E-state index contributed by atoms with van der Waals surface area (Å²) in [6.45, 7) is 3.74. The molecule has 1 N–H and O–H groups in total. The highest BCUT2D eigenvalue weighted by Gasteiger charge is 2.46. The molecule has 4 nitrogen and oxygen atoms in total. The summed E-state index contributed by atoms with van der Waals surface area (Å²) < 4.78 is 0. The van der Waals surface area contributed by atoms with Crippen LogP contribution in [-0.4, -0.2) is 34.5 Å². The molecule has 1 saturated heterocycles. The van der Waals surface area contributed by atoms with Gasteiger partial charge in [-0.05, 0) is 24.2 Å². The zero-order valence-electron chi connectivity index (χ0n) is 12.0. The molecule has 108 valence electrons. The number of likely N-dealkylation sites (tertiary alicyclic amines) is 1. The van der Waals surface area contributed by atoms with Gasteiger partial charge in [0, 0.05) is 12.8 Å². The molecule has 19 heavy (non-hydrogen) atoms. The number of amides is 2. The van der Waals surface area contributed by atoms with E-state index in [9.17, 15) is 14.7 Å². The van der Waals surface area contributed by atoms with Crippen molar-refractivity contribution < 1.29 is 14.7 Å². The summed E-state index contributed by atoms with van der Waals surface area (Å²) >= 11 is 0. The normalized spacial score (nSPS) is 25.2. The number of piperidine rings is 1. The maximum absolute atomic E-state index is 12.4. The zero-order chi connectivity index (χ0) is 14.0. The van der Waals surface area contributed by atoms with Gasteiger partial charge in [0.2, 0.25) is 11.8 Å². The number of rotatable bonds is 3. The lowest BCUT2D eigenvalue weighted by Gasteiger charge is -2.45. The quantitative estimate of drug-likeness (QED) is 0.797. The minimum absolute atomic E-state index is 0.0695. The van der Waals surface area contributed by atoms with Crippen molar-refractivity contribution in [1.29, 1.82) is 0 Å². The van der Waals surface area contributed by atoms with E-state index in [0.717, 1.165) is 25.7 Å². The summed E-state index contributed by atoms with van der Waals surface area (Å²) in [6.07, 6.45) is 6.47. The van der Waals surface area contributed by atoms with Crippen LogP contribution in [0, 0.1) is 11.3 Å². The summed E-state index contributed by atoms with van der Waals surface area (Å²) in [5, 5.41) is 9.44. The average Bonchev–Trinajstić information content (AvgIpc) is 2.34. The van der Waals surface area contributed by atoms with Crippen molar-refractivity contribution in [2.24, 2.45) is 11.3 Å². The fraction of sp³-hybridized carbons (Fsp3) is 0.867. The molecule has 1 atom stereocenters. The van der Waals surface area contributed by atoms with Crippen molar-refractivity contribution in [3.63, 3.8) is 0 Å². The van der Waals surface area contributed by atoms with Crippen molar-refractivity contribution in [3.8, 4) is 0 Å². The molecule has 0 aromatic carbocycles. The second-order valence-corrected chi connectivity index (χ2v) is 6.57. The first-order valence-electron chi connectivity index (χ1n) is 7.45. The van der Waals surface area contributed by atoms with Gasteiger partial charge in [0.15, 0.2) is 0 Å². The second kappa shape index (κ2) is 5.61. The first kappa shape index (κ1) is 14.5. The number of hydrogen-bond acceptors (Lipinski definition) is 3. The molecule has 2 amide bonds. The fourth-order valence-electron chi connectivity index (χ4n) is 3.63. The monoisotopic (exact) mass is 267 g/mol. The molecule has 0 aromatic rings. The molecular weight excluding hydrogens is 242 g/mol. The number of carbonyl (C=O) groups is 2. The third-order valence-corrected chi connectivity index (χ3v) is 4.79. The summed E-state index contributed by atoms with van der Waals surface area (Å²) in [7, 11) is 0. The summed E-state index contributed by atoms with van der Waals surface area (Å²) in [5.74, 6) is -0.0601. The van der Waals surface area contributed by atoms with Crippen LogP contribution in [0.4, 0.5) is 0 Å². The lowest BCUT2D eigenvalue weighted by molar-refractivity contribution is -0.160. The first-order valence-corrected chi connectivity index (χ1v) is 7.45. The Hall–Kier alpha value is -0.900. The van der Waals surface area contributed by atoms with Crippen LogP contribution in [0.2, 0.25) is 0 Å². The molecule has 0 unspecified atom stereocenters. The van der Waals surface area contributed by atoms with E-state index >= 15 is 0 Å². The third kappa shape index (κ3) is 2.83. The SMILES string of the molecule is CC(C)[C@H](CO)N1C(=O)CC2(CCCCC2)CC1=O. The summed E-state index contributed by atoms with van der Waals surface area (Å²) in [6, 6.07) is -0.360. The van der Waals surface area contributed by atoms with Crippen molar-refractivity contribution >= 4 is 11.8 Å². The van der Waals surface area contributed by atoms with Crippen LogP contribution >= 0.6 is 0 Å². The number of carbonyl (C=O) groups excluding carboxylic acids is 2. The number of nitrogens with zero attached hydrogens (tertiary/aromatic N) is 1. The smallest absolute Gasteiger partial charge is 0.230 e.